The standard InChI is InChI=1S/C12H7F9NO4S2/c1-2-7-3-5-8(6-4-7)27(23,24)22-28(25,26)12(20,21)10(15,16)9(13,14)11(17,18)19/h2-6H,1H2/q-1. The van der Waals surface area contributed by atoms with Crippen molar-refractivity contribution in [3.8, 4) is 0 Å². The molecule has 28 heavy (non-hydrogen) atoms. The van der Waals surface area contributed by atoms with E-state index in [1.54, 1.807) is 0 Å². The second-order valence-electron chi connectivity index (χ2n) is 4.96. The Labute approximate surface area is 151 Å². The summed E-state index contributed by atoms with van der Waals surface area (Å²) in [4.78, 5) is -1.15. The minimum absolute atomic E-state index is 0.239. The summed E-state index contributed by atoms with van der Waals surface area (Å²) >= 11 is 0. The molecule has 0 unspecified atom stereocenters. The van der Waals surface area contributed by atoms with Gasteiger partial charge in [-0.15, -0.1) is 0 Å². The summed E-state index contributed by atoms with van der Waals surface area (Å²) in [6, 6.07) is 3.05. The molecule has 1 aromatic rings. The predicted molar refractivity (Wildman–Crippen MR) is 76.9 cm³/mol. The molecule has 0 saturated heterocycles. The summed E-state index contributed by atoms with van der Waals surface area (Å²) < 4.78 is 162. The van der Waals surface area contributed by atoms with E-state index in [2.05, 4.69) is 6.58 Å². The summed E-state index contributed by atoms with van der Waals surface area (Å²) in [5.74, 6) is -15.1. The monoisotopic (exact) mass is 464 g/mol. The van der Waals surface area contributed by atoms with Crippen LogP contribution in [0.3, 0.4) is 0 Å². The van der Waals surface area contributed by atoms with Gasteiger partial charge in [-0.2, -0.15) is 39.5 Å². The van der Waals surface area contributed by atoms with Gasteiger partial charge in [0.2, 0.25) is 0 Å². The molecule has 0 bridgehead atoms. The highest BCUT2D eigenvalue weighted by Gasteiger charge is 2.84. The summed E-state index contributed by atoms with van der Waals surface area (Å²) in [5, 5.41) is -7.23. The van der Waals surface area contributed by atoms with Gasteiger partial charge in [-0.05, 0) is 17.7 Å². The first-order valence-corrected chi connectivity index (χ1v) is 9.29. The number of hydrogen-bond donors (Lipinski definition) is 0. The van der Waals surface area contributed by atoms with Gasteiger partial charge in [0.05, 0.1) is 0 Å². The van der Waals surface area contributed by atoms with Crippen LogP contribution in [0, 0.1) is 0 Å². The van der Waals surface area contributed by atoms with E-state index in [4.69, 9.17) is 0 Å². The van der Waals surface area contributed by atoms with Crippen molar-refractivity contribution in [1.29, 1.82) is 0 Å². The van der Waals surface area contributed by atoms with Crippen LogP contribution >= 0.6 is 0 Å². The van der Waals surface area contributed by atoms with E-state index in [-0.39, 0.29) is 5.56 Å². The van der Waals surface area contributed by atoms with Gasteiger partial charge in [0.15, 0.2) is 10.0 Å². The molecule has 16 heteroatoms. The van der Waals surface area contributed by atoms with E-state index in [0.717, 1.165) is 18.2 Å². The van der Waals surface area contributed by atoms with Gasteiger partial charge in [0, 0.05) is 4.90 Å². The maximum absolute atomic E-state index is 13.5. The first-order chi connectivity index (χ1) is 12.2. The number of nitrogens with zero attached hydrogens (tertiary/aromatic N) is 1. The molecule has 0 aliphatic carbocycles. The minimum Gasteiger partial charge on any atom is -0.426 e. The predicted octanol–water partition coefficient (Wildman–Crippen LogP) is 4.15. The number of rotatable bonds is 7. The molecule has 0 heterocycles. The maximum Gasteiger partial charge on any atom is 0.460 e. The third kappa shape index (κ3) is 3.84. The van der Waals surface area contributed by atoms with Crippen molar-refractivity contribution < 1.29 is 56.3 Å². The van der Waals surface area contributed by atoms with Gasteiger partial charge in [-0.3, -0.25) is 0 Å². The van der Waals surface area contributed by atoms with E-state index in [1.807, 2.05) is 0 Å². The molecular weight excluding hydrogens is 457 g/mol. The molecule has 0 amide bonds. The fourth-order valence-electron chi connectivity index (χ4n) is 1.52. The lowest BCUT2D eigenvalue weighted by Gasteiger charge is -2.36. The van der Waals surface area contributed by atoms with Crippen molar-refractivity contribution in [2.75, 3.05) is 0 Å². The van der Waals surface area contributed by atoms with Crippen molar-refractivity contribution in [3.05, 3.63) is 40.5 Å². The second kappa shape index (κ2) is 6.91. The quantitative estimate of drug-likeness (QED) is 0.568. The lowest BCUT2D eigenvalue weighted by molar-refractivity contribution is -0.382. The maximum atomic E-state index is 13.5. The van der Waals surface area contributed by atoms with Crippen LogP contribution in [0.2, 0.25) is 0 Å². The van der Waals surface area contributed by atoms with Gasteiger partial charge in [0.25, 0.3) is 0 Å². The lowest BCUT2D eigenvalue weighted by atomic mass is 10.1. The molecule has 160 valence electrons. The van der Waals surface area contributed by atoms with Crippen molar-refractivity contribution >= 4 is 26.1 Å². The van der Waals surface area contributed by atoms with E-state index in [0.29, 0.717) is 12.1 Å². The summed E-state index contributed by atoms with van der Waals surface area (Å²) in [5.41, 5.74) is 0.239. The number of hydrogen-bond acceptors (Lipinski definition) is 4. The van der Waals surface area contributed by atoms with Gasteiger partial charge >= 0.3 is 23.3 Å². The largest absolute Gasteiger partial charge is 0.460 e. The second-order valence-corrected chi connectivity index (χ2v) is 8.44. The summed E-state index contributed by atoms with van der Waals surface area (Å²) in [7, 11) is -13.1. The normalized spacial score (nSPS) is 14.8. The van der Waals surface area contributed by atoms with Crippen LogP contribution in [0.25, 0.3) is 10.2 Å². The average Bonchev–Trinajstić information content (AvgIpc) is 2.52. The molecular formula is C12H7F9NO4S2-. The smallest absolute Gasteiger partial charge is 0.426 e. The van der Waals surface area contributed by atoms with Crippen LogP contribution in [-0.2, 0) is 20.0 Å². The Hall–Kier alpha value is -1.81. The fourth-order valence-corrected chi connectivity index (χ4v) is 4.20. The Morgan fingerprint density at radius 2 is 1.21 bits per heavy atom. The molecule has 0 aliphatic rings. The molecule has 0 aromatic heterocycles. The Kier molecular flexibility index (Phi) is 5.98. The zero-order valence-electron chi connectivity index (χ0n) is 12.9. The molecule has 0 radical (unpaired) electrons. The Morgan fingerprint density at radius 3 is 1.57 bits per heavy atom. The molecule has 0 N–H and O–H groups in total. The van der Waals surface area contributed by atoms with Gasteiger partial charge in [-0.1, -0.05) is 24.8 Å². The van der Waals surface area contributed by atoms with Crippen LogP contribution in [0.1, 0.15) is 5.56 Å². The highest BCUT2D eigenvalue weighted by molar-refractivity contribution is 8.12. The van der Waals surface area contributed by atoms with Crippen LogP contribution in [0.5, 0.6) is 0 Å². The number of sulfonamides is 2. The molecule has 0 atom stereocenters. The van der Waals surface area contributed by atoms with Crippen LogP contribution in [0.4, 0.5) is 39.5 Å². The van der Waals surface area contributed by atoms with Crippen LogP contribution < -0.4 is 0 Å². The van der Waals surface area contributed by atoms with Crippen molar-refractivity contribution in [2.24, 2.45) is 0 Å². The zero-order chi connectivity index (χ0) is 22.4. The fraction of sp³-hybridized carbons (Fsp3) is 0.333. The first-order valence-electron chi connectivity index (χ1n) is 6.41. The third-order valence-electron chi connectivity index (χ3n) is 3.05. The molecule has 0 fully saturated rings. The van der Waals surface area contributed by atoms with E-state index in [9.17, 15) is 56.3 Å². The molecule has 1 rings (SSSR count). The molecule has 5 nitrogen and oxygen atoms in total. The SMILES string of the molecule is C=Cc1ccc(S(=O)(=O)[N-]S(=O)(=O)C(F)(F)C(F)(F)C(F)(F)C(F)(F)F)cc1. The van der Waals surface area contributed by atoms with E-state index in [1.165, 1.54) is 4.13 Å². The topological polar surface area (TPSA) is 82.4 Å². The summed E-state index contributed by atoms with van der Waals surface area (Å²) in [6.45, 7) is 3.27. The highest BCUT2D eigenvalue weighted by Crippen LogP contribution is 2.55. The van der Waals surface area contributed by atoms with Crippen molar-refractivity contribution in [1.82, 2.24) is 0 Å². The van der Waals surface area contributed by atoms with E-state index < -0.39 is 48.2 Å². The molecule has 0 saturated carbocycles. The van der Waals surface area contributed by atoms with Gasteiger partial charge < -0.3 is 4.13 Å². The Balaban J connectivity index is 3.42. The molecule has 0 aliphatic heterocycles. The van der Waals surface area contributed by atoms with Gasteiger partial charge in [-0.25, -0.2) is 16.8 Å². The van der Waals surface area contributed by atoms with Crippen LogP contribution in [0.15, 0.2) is 35.7 Å². The number of alkyl halides is 9. The van der Waals surface area contributed by atoms with Gasteiger partial charge in [0.1, 0.15) is 10.0 Å². The van der Waals surface area contributed by atoms with E-state index >= 15 is 0 Å². The third-order valence-corrected chi connectivity index (χ3v) is 6.39. The highest BCUT2D eigenvalue weighted by atomic mass is 32.3. The first kappa shape index (κ1) is 24.2. The number of halogens is 9. The zero-order valence-corrected chi connectivity index (χ0v) is 14.5. The average molecular weight is 464 g/mol. The van der Waals surface area contributed by atoms with Crippen molar-refractivity contribution in [3.63, 3.8) is 0 Å². The van der Waals surface area contributed by atoms with Crippen LogP contribution in [-0.4, -0.2) is 40.1 Å². The minimum atomic E-state index is -7.58. The van der Waals surface area contributed by atoms with Crippen molar-refractivity contribution in [2.45, 2.75) is 28.2 Å². The Morgan fingerprint density at radius 1 is 0.786 bits per heavy atom. The molecule has 0 spiro atoms. The summed E-state index contributed by atoms with van der Waals surface area (Å²) in [6.07, 6.45) is -6.12. The Bertz CT molecular complexity index is 952. The lowest BCUT2D eigenvalue weighted by Crippen LogP contribution is -2.63. The molecule has 1 aromatic carbocycles. The number of benzene rings is 1.